The highest BCUT2D eigenvalue weighted by Crippen LogP contribution is 2.30. The minimum Gasteiger partial charge on any atom is -0.399 e. The molecule has 0 unspecified atom stereocenters. The van der Waals surface area contributed by atoms with Crippen LogP contribution in [-0.2, 0) is 6.42 Å². The van der Waals surface area contributed by atoms with Crippen LogP contribution in [0.3, 0.4) is 0 Å². The van der Waals surface area contributed by atoms with Gasteiger partial charge in [0.05, 0.1) is 0 Å². The fourth-order valence-electron chi connectivity index (χ4n) is 2.68. The Hall–Kier alpha value is -2.36. The number of hydrogen-bond acceptors (Lipinski definition) is 2. The third-order valence-electron chi connectivity index (χ3n) is 3.89. The van der Waals surface area contributed by atoms with Crippen LogP contribution >= 0.6 is 0 Å². The summed E-state index contributed by atoms with van der Waals surface area (Å²) in [7, 11) is 0. The Morgan fingerprint density at radius 1 is 1.24 bits per heavy atom. The Morgan fingerprint density at radius 3 is 2.81 bits per heavy atom. The molecule has 1 amide bonds. The highest BCUT2D eigenvalue weighted by atomic mass is 19.1. The van der Waals surface area contributed by atoms with Crippen molar-refractivity contribution in [3.63, 3.8) is 0 Å². The molecule has 0 fully saturated rings. The van der Waals surface area contributed by atoms with Crippen molar-refractivity contribution >= 4 is 17.3 Å². The molecule has 0 bridgehead atoms. The van der Waals surface area contributed by atoms with Crippen LogP contribution in [0, 0.1) is 12.7 Å². The van der Waals surface area contributed by atoms with E-state index in [4.69, 9.17) is 5.73 Å². The second-order valence-corrected chi connectivity index (χ2v) is 5.41. The van der Waals surface area contributed by atoms with Crippen molar-refractivity contribution in [1.82, 2.24) is 0 Å². The number of anilines is 2. The summed E-state index contributed by atoms with van der Waals surface area (Å²) in [5, 5.41) is 0. The average molecular weight is 284 g/mol. The molecule has 0 saturated carbocycles. The van der Waals surface area contributed by atoms with Crippen molar-refractivity contribution in [2.75, 3.05) is 17.2 Å². The van der Waals surface area contributed by atoms with Gasteiger partial charge in [-0.2, -0.15) is 0 Å². The van der Waals surface area contributed by atoms with Gasteiger partial charge >= 0.3 is 0 Å². The molecule has 1 heterocycles. The number of carbonyl (C=O) groups is 1. The van der Waals surface area contributed by atoms with Crippen LogP contribution in [0.2, 0.25) is 0 Å². The first-order valence-electron chi connectivity index (χ1n) is 7.02. The Balaban J connectivity index is 1.99. The molecule has 21 heavy (non-hydrogen) atoms. The van der Waals surface area contributed by atoms with Crippen LogP contribution in [0.5, 0.6) is 0 Å². The van der Waals surface area contributed by atoms with E-state index in [1.807, 2.05) is 18.2 Å². The molecule has 3 rings (SSSR count). The quantitative estimate of drug-likeness (QED) is 0.817. The van der Waals surface area contributed by atoms with E-state index >= 15 is 0 Å². The maximum absolute atomic E-state index is 13.7. The van der Waals surface area contributed by atoms with Gasteiger partial charge in [-0.05, 0) is 55.2 Å². The molecular formula is C17H17FN2O. The molecule has 1 aliphatic heterocycles. The minimum absolute atomic E-state index is 0.180. The first kappa shape index (κ1) is 13.6. The number of halogens is 1. The van der Waals surface area contributed by atoms with E-state index in [0.29, 0.717) is 23.4 Å². The molecule has 4 heteroatoms. The van der Waals surface area contributed by atoms with Crippen molar-refractivity contribution in [3.05, 3.63) is 58.9 Å². The van der Waals surface area contributed by atoms with Crippen molar-refractivity contribution in [2.45, 2.75) is 19.8 Å². The van der Waals surface area contributed by atoms with Crippen molar-refractivity contribution in [1.29, 1.82) is 0 Å². The number of nitrogens with two attached hydrogens (primary N) is 1. The maximum atomic E-state index is 13.7. The number of carbonyl (C=O) groups excluding carboxylic acids is 1. The van der Waals surface area contributed by atoms with E-state index in [1.54, 1.807) is 24.0 Å². The zero-order valence-electron chi connectivity index (χ0n) is 11.9. The largest absolute Gasteiger partial charge is 0.399 e. The summed E-state index contributed by atoms with van der Waals surface area (Å²) in [6.45, 7) is 2.31. The lowest BCUT2D eigenvalue weighted by Gasteiger charge is -2.30. The molecule has 2 N–H and O–H groups in total. The topological polar surface area (TPSA) is 46.3 Å². The average Bonchev–Trinajstić information content (AvgIpc) is 2.48. The number of benzene rings is 2. The van der Waals surface area contributed by atoms with Crippen LogP contribution in [0.25, 0.3) is 0 Å². The van der Waals surface area contributed by atoms with Crippen molar-refractivity contribution in [3.8, 4) is 0 Å². The summed E-state index contributed by atoms with van der Waals surface area (Å²) < 4.78 is 13.7. The number of amides is 1. The molecule has 108 valence electrons. The van der Waals surface area contributed by atoms with Gasteiger partial charge in [-0.25, -0.2) is 4.39 Å². The van der Waals surface area contributed by atoms with E-state index in [9.17, 15) is 9.18 Å². The molecule has 3 nitrogen and oxygen atoms in total. The first-order valence-corrected chi connectivity index (χ1v) is 7.02. The molecule has 0 aliphatic carbocycles. The summed E-state index contributed by atoms with van der Waals surface area (Å²) in [4.78, 5) is 14.3. The number of hydrogen-bond donors (Lipinski definition) is 1. The lowest BCUT2D eigenvalue weighted by atomic mass is 10.00. The van der Waals surface area contributed by atoms with E-state index in [0.717, 1.165) is 24.1 Å². The summed E-state index contributed by atoms with van der Waals surface area (Å²) >= 11 is 0. The van der Waals surface area contributed by atoms with Gasteiger partial charge in [0.2, 0.25) is 0 Å². The first-order chi connectivity index (χ1) is 10.1. The second-order valence-electron chi connectivity index (χ2n) is 5.41. The molecule has 1 aliphatic rings. The van der Waals surface area contributed by atoms with Crippen LogP contribution < -0.4 is 10.6 Å². The van der Waals surface area contributed by atoms with Gasteiger partial charge in [-0.3, -0.25) is 4.79 Å². The Labute approximate surface area is 123 Å². The van der Waals surface area contributed by atoms with Gasteiger partial charge in [0.15, 0.2) is 0 Å². The molecule has 0 radical (unpaired) electrons. The molecule has 2 aromatic carbocycles. The van der Waals surface area contributed by atoms with E-state index in [2.05, 4.69) is 0 Å². The van der Waals surface area contributed by atoms with Crippen LogP contribution in [-0.4, -0.2) is 12.5 Å². The predicted octanol–water partition coefficient (Wildman–Crippen LogP) is 3.31. The van der Waals surface area contributed by atoms with Gasteiger partial charge < -0.3 is 10.6 Å². The molecule has 0 aromatic heterocycles. The zero-order chi connectivity index (χ0) is 15.0. The number of nitrogen functional groups attached to an aromatic ring is 1. The van der Waals surface area contributed by atoms with E-state index in [1.165, 1.54) is 6.07 Å². The minimum atomic E-state index is -0.356. The summed E-state index contributed by atoms with van der Waals surface area (Å²) in [5.74, 6) is -0.536. The van der Waals surface area contributed by atoms with Crippen molar-refractivity contribution in [2.24, 2.45) is 0 Å². The Morgan fingerprint density at radius 2 is 2.05 bits per heavy atom. The van der Waals surface area contributed by atoms with Gasteiger partial charge in [0, 0.05) is 23.5 Å². The Bertz CT molecular complexity index is 712. The third-order valence-corrected chi connectivity index (χ3v) is 3.89. The fraction of sp³-hybridized carbons (Fsp3) is 0.235. The number of aryl methyl sites for hydroxylation is 2. The monoisotopic (exact) mass is 284 g/mol. The molecule has 0 atom stereocenters. The smallest absolute Gasteiger partial charge is 0.258 e. The van der Waals surface area contributed by atoms with Gasteiger partial charge in [-0.1, -0.05) is 12.1 Å². The summed E-state index contributed by atoms with van der Waals surface area (Å²) in [5.41, 5.74) is 9.31. The molecule has 0 spiro atoms. The van der Waals surface area contributed by atoms with Crippen LogP contribution in [0.1, 0.15) is 27.9 Å². The zero-order valence-corrected chi connectivity index (χ0v) is 11.9. The normalized spacial score (nSPS) is 13.9. The van der Waals surface area contributed by atoms with Gasteiger partial charge in [0.1, 0.15) is 5.82 Å². The SMILES string of the molecule is Cc1ccc(C(=O)N2CCCc3ccc(N)cc32)cc1F. The maximum Gasteiger partial charge on any atom is 0.258 e. The van der Waals surface area contributed by atoms with Crippen LogP contribution in [0.15, 0.2) is 36.4 Å². The third kappa shape index (κ3) is 2.49. The number of nitrogens with zero attached hydrogens (tertiary/aromatic N) is 1. The van der Waals surface area contributed by atoms with Crippen molar-refractivity contribution < 1.29 is 9.18 Å². The standard InChI is InChI=1S/C17H17FN2O/c1-11-4-5-13(9-15(11)18)17(21)20-8-2-3-12-6-7-14(19)10-16(12)20/h4-7,9-10H,2-3,8,19H2,1H3. The highest BCUT2D eigenvalue weighted by molar-refractivity contribution is 6.07. The highest BCUT2D eigenvalue weighted by Gasteiger charge is 2.24. The van der Waals surface area contributed by atoms with Gasteiger partial charge in [-0.15, -0.1) is 0 Å². The molecule has 2 aromatic rings. The Kier molecular flexibility index (Phi) is 3.37. The van der Waals surface area contributed by atoms with E-state index < -0.39 is 0 Å². The lowest BCUT2D eigenvalue weighted by molar-refractivity contribution is 0.0984. The lowest BCUT2D eigenvalue weighted by Crippen LogP contribution is -2.35. The van der Waals surface area contributed by atoms with Crippen LogP contribution in [0.4, 0.5) is 15.8 Å². The molecular weight excluding hydrogens is 267 g/mol. The van der Waals surface area contributed by atoms with Gasteiger partial charge in [0.25, 0.3) is 5.91 Å². The number of rotatable bonds is 1. The van der Waals surface area contributed by atoms with E-state index in [-0.39, 0.29) is 11.7 Å². The second kappa shape index (κ2) is 5.20. The predicted molar refractivity (Wildman–Crippen MR) is 82.0 cm³/mol. The fourth-order valence-corrected chi connectivity index (χ4v) is 2.68. The number of fused-ring (bicyclic) bond motifs is 1. The molecule has 0 saturated heterocycles. The summed E-state index contributed by atoms with van der Waals surface area (Å²) in [6.07, 6.45) is 1.83. The summed E-state index contributed by atoms with van der Waals surface area (Å²) in [6, 6.07) is 10.2.